The Morgan fingerprint density at radius 2 is 1.43 bits per heavy atom. The predicted octanol–water partition coefficient (Wildman–Crippen LogP) is -0.631. The van der Waals surface area contributed by atoms with E-state index in [0.717, 1.165) is 7.11 Å². The van der Waals surface area contributed by atoms with Crippen molar-refractivity contribution in [1.82, 2.24) is 0 Å². The zero-order valence-electron chi connectivity index (χ0n) is 3.70. The van der Waals surface area contributed by atoms with E-state index in [1.807, 2.05) is 0 Å². The van der Waals surface area contributed by atoms with Gasteiger partial charge in [-0.2, -0.15) is 0 Å². The van der Waals surface area contributed by atoms with Crippen molar-refractivity contribution in [1.29, 1.82) is 0 Å². The van der Waals surface area contributed by atoms with Crippen molar-refractivity contribution in [3.05, 3.63) is 15.3 Å². The molecule has 0 aliphatic heterocycles. The van der Waals surface area contributed by atoms with Gasteiger partial charge in [0.25, 0.3) is 0 Å². The fourth-order valence-corrected chi connectivity index (χ4v) is 0. The van der Waals surface area contributed by atoms with E-state index in [0.29, 0.717) is 0 Å². The topological polar surface area (TPSA) is 86.4 Å². The van der Waals surface area contributed by atoms with Gasteiger partial charge in [-0.05, 0) is 0 Å². The second-order valence-corrected chi connectivity index (χ2v) is 0.224. The van der Waals surface area contributed by atoms with Gasteiger partial charge in [0.2, 0.25) is 0 Å². The summed E-state index contributed by atoms with van der Waals surface area (Å²) in [7, 11) is 1.00. The Balaban J connectivity index is -0.0000000480. The van der Waals surface area contributed by atoms with Crippen LogP contribution in [-0.4, -0.2) is 17.3 Å². The van der Waals surface area contributed by atoms with Crippen LogP contribution in [-0.2, 0) is 0 Å². The third-order valence-electron chi connectivity index (χ3n) is 0. The van der Waals surface area contributed by atoms with Crippen LogP contribution in [0.15, 0.2) is 0 Å². The van der Waals surface area contributed by atoms with E-state index < -0.39 is 5.09 Å². The molecule has 0 aromatic carbocycles. The fourth-order valence-electron chi connectivity index (χ4n) is 0. The normalized spacial score (nSPS) is 4.29. The molecule has 0 aliphatic carbocycles. The standard InChI is InChI=1S/CH4O.NO3.Pr/c1-2;2-1(3)4;/h2H,1H3;;/q;-1;. The van der Waals surface area contributed by atoms with Crippen molar-refractivity contribution >= 4 is 0 Å². The van der Waals surface area contributed by atoms with E-state index in [4.69, 9.17) is 20.4 Å². The molecule has 7 heavy (non-hydrogen) atoms. The van der Waals surface area contributed by atoms with Crippen molar-refractivity contribution in [3.8, 4) is 0 Å². The molecule has 1 radical (unpaired) electrons. The zero-order valence-corrected chi connectivity index (χ0v) is 7.40. The first-order valence-corrected chi connectivity index (χ1v) is 0.995. The molecule has 0 aliphatic rings. The minimum absolute atomic E-state index is 0. The maximum atomic E-state index is 8.25. The number of aliphatic hydroxyl groups excluding tert-OH is 1. The average molecular weight is 235 g/mol. The van der Waals surface area contributed by atoms with Gasteiger partial charge in [0, 0.05) is 48.4 Å². The Kier molecular flexibility index (Phi) is 35.8. The van der Waals surface area contributed by atoms with Gasteiger partial charge in [-0.3, -0.25) is 0 Å². The van der Waals surface area contributed by atoms with Crippen LogP contribution >= 0.6 is 0 Å². The van der Waals surface area contributed by atoms with Crippen molar-refractivity contribution in [3.63, 3.8) is 0 Å². The van der Waals surface area contributed by atoms with Crippen LogP contribution in [0.1, 0.15) is 0 Å². The zero-order chi connectivity index (χ0) is 5.58. The number of rotatable bonds is 0. The Bertz CT molecular complexity index is 34.7. The molecule has 0 fully saturated rings. The molecular weight excluding hydrogens is 231 g/mol. The van der Waals surface area contributed by atoms with E-state index in [1.54, 1.807) is 0 Å². The summed E-state index contributed by atoms with van der Waals surface area (Å²) in [4.78, 5) is 8.25. The van der Waals surface area contributed by atoms with Crippen LogP contribution in [0.4, 0.5) is 0 Å². The molecule has 0 amide bonds. The largest absolute Gasteiger partial charge is 0.400 e. The molecule has 0 saturated heterocycles. The number of hydrogen-bond donors (Lipinski definition) is 1. The molecule has 0 heterocycles. The second-order valence-electron chi connectivity index (χ2n) is 0.224. The minimum atomic E-state index is -1.75. The summed E-state index contributed by atoms with van der Waals surface area (Å²) in [5.41, 5.74) is 0. The summed E-state index contributed by atoms with van der Waals surface area (Å²) in [6, 6.07) is 0. The van der Waals surface area contributed by atoms with Crippen LogP contribution in [0, 0.1) is 56.6 Å². The maximum absolute atomic E-state index is 8.25. The first-order valence-electron chi connectivity index (χ1n) is 0.995. The number of aliphatic hydroxyl groups is 1. The van der Waals surface area contributed by atoms with E-state index in [9.17, 15) is 0 Å². The van der Waals surface area contributed by atoms with Crippen molar-refractivity contribution < 1.29 is 51.5 Å². The molecule has 6 heteroatoms. The molecular formula is CH4NO4Pr-. The summed E-state index contributed by atoms with van der Waals surface area (Å²) in [6.07, 6.45) is 0. The summed E-state index contributed by atoms with van der Waals surface area (Å²) in [5.74, 6) is 0. The van der Waals surface area contributed by atoms with Gasteiger partial charge < -0.3 is 20.4 Å². The summed E-state index contributed by atoms with van der Waals surface area (Å²) in [6.45, 7) is 0. The van der Waals surface area contributed by atoms with Gasteiger partial charge >= 0.3 is 0 Å². The van der Waals surface area contributed by atoms with E-state index in [2.05, 4.69) is 0 Å². The molecule has 1 N–H and O–H groups in total. The van der Waals surface area contributed by atoms with Crippen molar-refractivity contribution in [2.45, 2.75) is 0 Å². The molecule has 0 saturated carbocycles. The molecule has 0 spiro atoms. The van der Waals surface area contributed by atoms with Crippen LogP contribution in [0.2, 0.25) is 0 Å². The molecule has 0 unspecified atom stereocenters. The van der Waals surface area contributed by atoms with E-state index in [-0.39, 0.29) is 41.3 Å². The molecule has 0 aromatic rings. The number of hydrogen-bond acceptors (Lipinski definition) is 4. The molecule has 0 bridgehead atoms. The SMILES string of the molecule is CO.O=[N+]([O-])[O-].[Pr]. The van der Waals surface area contributed by atoms with Gasteiger partial charge in [0.05, 0.1) is 5.09 Å². The van der Waals surface area contributed by atoms with Crippen molar-refractivity contribution in [2.75, 3.05) is 7.11 Å². The Hall–Kier alpha value is 0.524. The molecule has 41 valence electrons. The predicted molar refractivity (Wildman–Crippen MR) is 18.5 cm³/mol. The van der Waals surface area contributed by atoms with Gasteiger partial charge in [-0.1, -0.05) is 0 Å². The van der Waals surface area contributed by atoms with E-state index >= 15 is 0 Å². The third-order valence-corrected chi connectivity index (χ3v) is 0. The smallest absolute Gasteiger partial charge is 0.0689 e. The summed E-state index contributed by atoms with van der Waals surface area (Å²) >= 11 is 0. The Labute approximate surface area is 73.4 Å². The first-order chi connectivity index (χ1) is 2.73. The summed E-state index contributed by atoms with van der Waals surface area (Å²) < 4.78 is 0. The minimum Gasteiger partial charge on any atom is -0.400 e. The molecule has 0 aromatic heterocycles. The van der Waals surface area contributed by atoms with Gasteiger partial charge in [-0.25, -0.2) is 0 Å². The van der Waals surface area contributed by atoms with Gasteiger partial charge in [0.15, 0.2) is 0 Å². The average Bonchev–Trinajstić information content (AvgIpc) is 1.41. The van der Waals surface area contributed by atoms with Crippen LogP contribution < -0.4 is 0 Å². The monoisotopic (exact) mass is 235 g/mol. The van der Waals surface area contributed by atoms with Crippen LogP contribution in [0.5, 0.6) is 0 Å². The van der Waals surface area contributed by atoms with E-state index in [1.165, 1.54) is 0 Å². The second kappa shape index (κ2) is 16.0. The maximum Gasteiger partial charge on any atom is 0.0689 e. The van der Waals surface area contributed by atoms with Crippen LogP contribution in [0.25, 0.3) is 0 Å². The van der Waals surface area contributed by atoms with Gasteiger partial charge in [0.1, 0.15) is 0 Å². The summed E-state index contributed by atoms with van der Waals surface area (Å²) in [5, 5.41) is 21.8. The Morgan fingerprint density at radius 1 is 1.43 bits per heavy atom. The quantitative estimate of drug-likeness (QED) is 0.447. The van der Waals surface area contributed by atoms with Crippen molar-refractivity contribution in [2.24, 2.45) is 0 Å². The number of nitrogens with zero attached hydrogens (tertiary/aromatic N) is 1. The molecule has 5 nitrogen and oxygen atoms in total. The van der Waals surface area contributed by atoms with Gasteiger partial charge in [-0.15, -0.1) is 0 Å². The molecule has 0 rings (SSSR count). The molecule has 0 atom stereocenters. The van der Waals surface area contributed by atoms with Crippen LogP contribution in [0.3, 0.4) is 0 Å². The fraction of sp³-hybridized carbons (Fsp3) is 1.00. The Morgan fingerprint density at radius 3 is 1.43 bits per heavy atom. The first kappa shape index (κ1) is 15.6. The third kappa shape index (κ3) is 487.